The van der Waals surface area contributed by atoms with Crippen molar-refractivity contribution in [3.63, 3.8) is 0 Å². The summed E-state index contributed by atoms with van der Waals surface area (Å²) in [7, 11) is 1.69. The third-order valence-electron chi connectivity index (χ3n) is 2.84. The second-order valence-corrected chi connectivity index (χ2v) is 4.34. The van der Waals surface area contributed by atoms with E-state index in [0.717, 1.165) is 6.42 Å². The zero-order valence-electron chi connectivity index (χ0n) is 10.6. The van der Waals surface area contributed by atoms with Gasteiger partial charge in [0.15, 0.2) is 5.82 Å². The third-order valence-corrected chi connectivity index (χ3v) is 2.84. The smallest absolute Gasteiger partial charge is 0.182 e. The van der Waals surface area contributed by atoms with Gasteiger partial charge in [0.05, 0.1) is 13.5 Å². The van der Waals surface area contributed by atoms with Crippen LogP contribution in [-0.4, -0.2) is 26.0 Å². The van der Waals surface area contributed by atoms with Gasteiger partial charge in [-0.2, -0.15) is 4.80 Å². The van der Waals surface area contributed by atoms with Gasteiger partial charge in [-0.25, -0.2) is 0 Å². The molecule has 0 fully saturated rings. The molecule has 1 aromatic carbocycles. The number of nitrogens with zero attached hydrogens (tertiary/aromatic N) is 4. The molecule has 0 saturated heterocycles. The van der Waals surface area contributed by atoms with Gasteiger partial charge in [-0.1, -0.05) is 24.3 Å². The molecule has 1 aromatic heterocycles. The Labute approximate surface area is 106 Å². The minimum Gasteiger partial charge on any atom is -0.299 e. The van der Waals surface area contributed by atoms with E-state index in [0.29, 0.717) is 12.2 Å². The van der Waals surface area contributed by atoms with Gasteiger partial charge in [0.25, 0.3) is 0 Å². The van der Waals surface area contributed by atoms with E-state index >= 15 is 0 Å². The molecule has 0 radical (unpaired) electrons. The predicted octanol–water partition coefficient (Wildman–Crippen LogP) is 1.26. The number of hydrogen-bond acceptors (Lipinski definition) is 4. The zero-order valence-corrected chi connectivity index (χ0v) is 10.6. The molecule has 1 heterocycles. The molecule has 0 unspecified atom stereocenters. The molecule has 2 aromatic rings. The van der Waals surface area contributed by atoms with Crippen LogP contribution in [0, 0.1) is 6.92 Å². The first-order chi connectivity index (χ1) is 8.65. The summed E-state index contributed by atoms with van der Waals surface area (Å²) in [6.07, 6.45) is 1.55. The van der Waals surface area contributed by atoms with Crippen LogP contribution in [0.15, 0.2) is 24.3 Å². The summed E-state index contributed by atoms with van der Waals surface area (Å²) in [5.41, 5.74) is 2.45. The number of carbonyl (C=O) groups excluding carboxylic acids is 1. The van der Waals surface area contributed by atoms with Crippen molar-refractivity contribution in [1.29, 1.82) is 0 Å². The maximum absolute atomic E-state index is 11.8. The van der Waals surface area contributed by atoms with E-state index in [2.05, 4.69) is 34.5 Å². The van der Waals surface area contributed by atoms with Crippen molar-refractivity contribution >= 4 is 5.78 Å². The number of hydrogen-bond donors (Lipinski definition) is 0. The topological polar surface area (TPSA) is 60.7 Å². The number of ketones is 1. The van der Waals surface area contributed by atoms with E-state index < -0.39 is 0 Å². The standard InChI is InChI=1S/C13H16N4O/c1-10-5-3-4-6-11(10)7-8-12(18)9-13-14-16-17(2)15-13/h3-6H,7-9H2,1-2H3. The van der Waals surface area contributed by atoms with Crippen LogP contribution in [0.5, 0.6) is 0 Å². The first-order valence-electron chi connectivity index (χ1n) is 5.94. The number of aryl methyl sites for hydroxylation is 3. The van der Waals surface area contributed by atoms with Gasteiger partial charge in [-0.05, 0) is 29.7 Å². The van der Waals surface area contributed by atoms with Gasteiger partial charge in [0.2, 0.25) is 0 Å². The van der Waals surface area contributed by atoms with E-state index in [-0.39, 0.29) is 12.2 Å². The molecule has 2 rings (SSSR count). The van der Waals surface area contributed by atoms with Gasteiger partial charge < -0.3 is 0 Å². The normalized spacial score (nSPS) is 10.6. The van der Waals surface area contributed by atoms with Gasteiger partial charge >= 0.3 is 0 Å². The third kappa shape index (κ3) is 3.23. The summed E-state index contributed by atoms with van der Waals surface area (Å²) in [6, 6.07) is 8.12. The molecule has 0 bridgehead atoms. The molecule has 5 nitrogen and oxygen atoms in total. The van der Waals surface area contributed by atoms with Crippen LogP contribution in [0.2, 0.25) is 0 Å². The van der Waals surface area contributed by atoms with E-state index in [1.807, 2.05) is 12.1 Å². The summed E-state index contributed by atoms with van der Waals surface area (Å²) in [5.74, 6) is 0.638. The number of aromatic nitrogens is 4. The number of benzene rings is 1. The van der Waals surface area contributed by atoms with Gasteiger partial charge in [0, 0.05) is 6.42 Å². The molecule has 0 spiro atoms. The highest BCUT2D eigenvalue weighted by Crippen LogP contribution is 2.10. The van der Waals surface area contributed by atoms with Crippen LogP contribution in [0.1, 0.15) is 23.4 Å². The van der Waals surface area contributed by atoms with Crippen molar-refractivity contribution in [1.82, 2.24) is 20.2 Å². The molecule has 94 valence electrons. The van der Waals surface area contributed by atoms with Crippen LogP contribution in [0.3, 0.4) is 0 Å². The molecule has 0 aliphatic heterocycles. The van der Waals surface area contributed by atoms with Crippen molar-refractivity contribution in [3.8, 4) is 0 Å². The fourth-order valence-corrected chi connectivity index (χ4v) is 1.82. The molecular formula is C13H16N4O. The van der Waals surface area contributed by atoms with Gasteiger partial charge in [-0.3, -0.25) is 4.79 Å². The number of carbonyl (C=O) groups is 1. The largest absolute Gasteiger partial charge is 0.299 e. The number of rotatable bonds is 5. The maximum Gasteiger partial charge on any atom is 0.182 e. The molecule has 0 N–H and O–H groups in total. The average Bonchev–Trinajstić information content (AvgIpc) is 2.74. The Morgan fingerprint density at radius 2 is 2.11 bits per heavy atom. The quantitative estimate of drug-likeness (QED) is 0.794. The maximum atomic E-state index is 11.8. The second-order valence-electron chi connectivity index (χ2n) is 4.34. The SMILES string of the molecule is Cc1ccccc1CCC(=O)Cc1nnn(C)n1. The fourth-order valence-electron chi connectivity index (χ4n) is 1.82. The van der Waals surface area contributed by atoms with E-state index in [1.165, 1.54) is 15.9 Å². The summed E-state index contributed by atoms with van der Waals surface area (Å²) in [6.45, 7) is 2.06. The van der Waals surface area contributed by atoms with Crippen LogP contribution in [0.4, 0.5) is 0 Å². The monoisotopic (exact) mass is 244 g/mol. The lowest BCUT2D eigenvalue weighted by Crippen LogP contribution is -2.06. The predicted molar refractivity (Wildman–Crippen MR) is 67.0 cm³/mol. The van der Waals surface area contributed by atoms with Crippen LogP contribution in [0.25, 0.3) is 0 Å². The van der Waals surface area contributed by atoms with Crippen molar-refractivity contribution in [2.45, 2.75) is 26.2 Å². The van der Waals surface area contributed by atoms with Crippen molar-refractivity contribution < 1.29 is 4.79 Å². The number of tetrazole rings is 1. The molecule has 18 heavy (non-hydrogen) atoms. The Hall–Kier alpha value is -2.04. The van der Waals surface area contributed by atoms with E-state index in [4.69, 9.17) is 0 Å². The highest BCUT2D eigenvalue weighted by Gasteiger charge is 2.09. The van der Waals surface area contributed by atoms with Crippen molar-refractivity contribution in [2.24, 2.45) is 7.05 Å². The van der Waals surface area contributed by atoms with Gasteiger partial charge in [0.1, 0.15) is 5.78 Å². The Morgan fingerprint density at radius 1 is 1.33 bits per heavy atom. The second kappa shape index (κ2) is 5.53. The summed E-state index contributed by atoms with van der Waals surface area (Å²) < 4.78 is 0. The highest BCUT2D eigenvalue weighted by molar-refractivity contribution is 5.80. The highest BCUT2D eigenvalue weighted by atomic mass is 16.1. The molecular weight excluding hydrogens is 228 g/mol. The van der Waals surface area contributed by atoms with Crippen molar-refractivity contribution in [2.75, 3.05) is 0 Å². The molecule has 0 aliphatic carbocycles. The zero-order chi connectivity index (χ0) is 13.0. The minimum absolute atomic E-state index is 0.145. The lowest BCUT2D eigenvalue weighted by Gasteiger charge is -2.03. The first-order valence-corrected chi connectivity index (χ1v) is 5.94. The summed E-state index contributed by atoms with van der Waals surface area (Å²) in [5, 5.41) is 11.5. The fraction of sp³-hybridized carbons (Fsp3) is 0.385. The van der Waals surface area contributed by atoms with E-state index in [1.54, 1.807) is 7.05 Å². The Bertz CT molecular complexity index is 547. The Balaban J connectivity index is 1.87. The summed E-state index contributed by atoms with van der Waals surface area (Å²) >= 11 is 0. The molecule has 0 atom stereocenters. The van der Waals surface area contributed by atoms with Crippen LogP contribution in [-0.2, 0) is 24.7 Å². The van der Waals surface area contributed by atoms with Crippen molar-refractivity contribution in [3.05, 3.63) is 41.2 Å². The van der Waals surface area contributed by atoms with Crippen LogP contribution >= 0.6 is 0 Å². The Kier molecular flexibility index (Phi) is 3.82. The van der Waals surface area contributed by atoms with E-state index in [9.17, 15) is 4.79 Å². The molecule has 5 heteroatoms. The average molecular weight is 244 g/mol. The Morgan fingerprint density at radius 3 is 2.78 bits per heavy atom. The lowest BCUT2D eigenvalue weighted by molar-refractivity contribution is -0.118. The molecule has 0 saturated carbocycles. The lowest BCUT2D eigenvalue weighted by atomic mass is 10.0. The van der Waals surface area contributed by atoms with Crippen LogP contribution < -0.4 is 0 Å². The molecule has 0 amide bonds. The first kappa shape index (κ1) is 12.4. The summed E-state index contributed by atoms with van der Waals surface area (Å²) in [4.78, 5) is 13.2. The molecule has 0 aliphatic rings. The minimum atomic E-state index is 0.145. The van der Waals surface area contributed by atoms with Gasteiger partial charge in [-0.15, -0.1) is 10.2 Å². The number of Topliss-reactive ketones (excluding diaryl/α,β-unsaturated/α-hetero) is 1.